The minimum absolute atomic E-state index is 0.0161. The van der Waals surface area contributed by atoms with Gasteiger partial charge in [-0.3, -0.25) is 9.52 Å². The first-order chi connectivity index (χ1) is 15.7. The van der Waals surface area contributed by atoms with Gasteiger partial charge in [0.2, 0.25) is 0 Å². The fraction of sp³-hybridized carbons (Fsp3) is 0.208. The Morgan fingerprint density at radius 1 is 0.970 bits per heavy atom. The van der Waals surface area contributed by atoms with Crippen LogP contribution in [0.3, 0.4) is 0 Å². The van der Waals surface area contributed by atoms with Crippen molar-refractivity contribution in [2.24, 2.45) is 0 Å². The molecule has 0 aliphatic heterocycles. The van der Waals surface area contributed by atoms with Gasteiger partial charge in [0.05, 0.1) is 18.7 Å². The number of carbonyl (C=O) groups excluding carboxylic acids is 1. The molecule has 3 aromatic carbocycles. The van der Waals surface area contributed by atoms with Crippen LogP contribution in [0.5, 0.6) is 11.5 Å². The van der Waals surface area contributed by atoms with Crippen LogP contribution < -0.4 is 19.5 Å². The Kier molecular flexibility index (Phi) is 7.84. The van der Waals surface area contributed by atoms with Crippen molar-refractivity contribution in [3.8, 4) is 11.5 Å². The Labute approximate surface area is 198 Å². The molecular weight excluding hydrogens is 464 g/mol. The Hall–Kier alpha value is -3.23. The summed E-state index contributed by atoms with van der Waals surface area (Å²) in [6.07, 6.45) is 0. The number of para-hydroxylation sites is 2. The zero-order chi connectivity index (χ0) is 24.0. The van der Waals surface area contributed by atoms with Gasteiger partial charge in [-0.2, -0.15) is 0 Å². The van der Waals surface area contributed by atoms with Gasteiger partial charge in [0, 0.05) is 11.3 Å². The summed E-state index contributed by atoms with van der Waals surface area (Å²) in [7, 11) is -2.45. The minimum Gasteiger partial charge on any atom is -0.493 e. The van der Waals surface area contributed by atoms with E-state index in [0.29, 0.717) is 17.2 Å². The molecule has 33 heavy (non-hydrogen) atoms. The quantitative estimate of drug-likeness (QED) is 0.430. The van der Waals surface area contributed by atoms with E-state index in [1.54, 1.807) is 31.4 Å². The number of rotatable bonds is 9. The van der Waals surface area contributed by atoms with Crippen LogP contribution in [0.1, 0.15) is 21.5 Å². The molecule has 3 rings (SSSR count). The summed E-state index contributed by atoms with van der Waals surface area (Å²) in [5, 5.41) is 2.72. The Balaban J connectivity index is 1.67. The van der Waals surface area contributed by atoms with Crippen molar-refractivity contribution in [1.29, 1.82) is 0 Å². The van der Waals surface area contributed by atoms with Gasteiger partial charge in [0.25, 0.3) is 15.9 Å². The maximum atomic E-state index is 12.9. The van der Waals surface area contributed by atoms with E-state index in [4.69, 9.17) is 21.1 Å². The van der Waals surface area contributed by atoms with Crippen LogP contribution in [-0.4, -0.2) is 34.6 Å². The molecule has 0 atom stereocenters. The minimum atomic E-state index is -4.00. The number of nitrogens with one attached hydrogen (secondary N) is 2. The third-order valence-corrected chi connectivity index (χ3v) is 6.82. The lowest BCUT2D eigenvalue weighted by molar-refractivity contribution is 0.0946. The molecule has 0 aliphatic rings. The lowest BCUT2D eigenvalue weighted by Gasteiger charge is -2.13. The van der Waals surface area contributed by atoms with Gasteiger partial charge in [-0.05, 0) is 67.4 Å². The maximum absolute atomic E-state index is 12.9. The molecule has 7 nitrogen and oxygen atoms in total. The van der Waals surface area contributed by atoms with E-state index < -0.39 is 15.9 Å². The van der Waals surface area contributed by atoms with Crippen LogP contribution in [0.4, 0.5) is 5.69 Å². The zero-order valence-electron chi connectivity index (χ0n) is 18.5. The SMILES string of the molecule is COc1ccccc1OCCNC(=O)c1ccc(Cl)c(S(=O)(=O)Nc2ccc(C)c(C)c2)c1. The van der Waals surface area contributed by atoms with Crippen molar-refractivity contribution < 1.29 is 22.7 Å². The summed E-state index contributed by atoms with van der Waals surface area (Å²) in [4.78, 5) is 12.4. The number of hydrogen-bond donors (Lipinski definition) is 2. The molecule has 2 N–H and O–H groups in total. The third kappa shape index (κ3) is 6.18. The van der Waals surface area contributed by atoms with Gasteiger partial charge in [0.1, 0.15) is 11.5 Å². The molecule has 174 valence electrons. The summed E-state index contributed by atoms with van der Waals surface area (Å²) in [5.41, 5.74) is 2.57. The second-order valence-electron chi connectivity index (χ2n) is 7.30. The van der Waals surface area contributed by atoms with Crippen LogP contribution in [-0.2, 0) is 10.0 Å². The van der Waals surface area contributed by atoms with Gasteiger partial charge in [-0.1, -0.05) is 29.8 Å². The van der Waals surface area contributed by atoms with Gasteiger partial charge >= 0.3 is 0 Å². The number of ether oxygens (including phenoxy) is 2. The molecule has 3 aromatic rings. The van der Waals surface area contributed by atoms with Gasteiger partial charge in [0.15, 0.2) is 11.5 Å². The van der Waals surface area contributed by atoms with E-state index in [-0.39, 0.29) is 28.6 Å². The van der Waals surface area contributed by atoms with Crippen molar-refractivity contribution in [3.63, 3.8) is 0 Å². The lowest BCUT2D eigenvalue weighted by atomic mass is 10.1. The smallest absolute Gasteiger partial charge is 0.263 e. The Morgan fingerprint density at radius 2 is 1.70 bits per heavy atom. The van der Waals surface area contributed by atoms with Crippen molar-refractivity contribution in [3.05, 3.63) is 82.4 Å². The van der Waals surface area contributed by atoms with E-state index in [2.05, 4.69) is 10.0 Å². The molecule has 9 heteroatoms. The average Bonchev–Trinajstić information content (AvgIpc) is 2.79. The number of anilines is 1. The maximum Gasteiger partial charge on any atom is 0.263 e. The van der Waals surface area contributed by atoms with Gasteiger partial charge < -0.3 is 14.8 Å². The summed E-state index contributed by atoms with van der Waals surface area (Å²) in [6.45, 7) is 4.25. The van der Waals surface area contributed by atoms with Crippen molar-refractivity contribution >= 4 is 33.2 Å². The highest BCUT2D eigenvalue weighted by Gasteiger charge is 2.20. The topological polar surface area (TPSA) is 93.7 Å². The first-order valence-corrected chi connectivity index (χ1v) is 12.0. The molecule has 0 heterocycles. The van der Waals surface area contributed by atoms with Gasteiger partial charge in [-0.15, -0.1) is 0 Å². The number of halogens is 1. The number of methoxy groups -OCH3 is 1. The molecule has 0 aromatic heterocycles. The number of carbonyl (C=O) groups is 1. The molecule has 0 fully saturated rings. The summed E-state index contributed by atoms with van der Waals surface area (Å²) >= 11 is 6.15. The van der Waals surface area contributed by atoms with Gasteiger partial charge in [-0.25, -0.2) is 8.42 Å². The highest BCUT2D eigenvalue weighted by atomic mass is 35.5. The number of hydrogen-bond acceptors (Lipinski definition) is 5. The fourth-order valence-corrected chi connectivity index (χ4v) is 4.61. The largest absolute Gasteiger partial charge is 0.493 e. The first kappa shape index (κ1) is 24.4. The molecule has 0 unspecified atom stereocenters. The number of sulfonamides is 1. The highest BCUT2D eigenvalue weighted by Crippen LogP contribution is 2.27. The second kappa shape index (κ2) is 10.6. The van der Waals surface area contributed by atoms with E-state index in [0.717, 1.165) is 11.1 Å². The molecule has 1 amide bonds. The van der Waals surface area contributed by atoms with Crippen molar-refractivity contribution in [2.45, 2.75) is 18.7 Å². The third-order valence-electron chi connectivity index (χ3n) is 4.96. The number of benzene rings is 3. The summed E-state index contributed by atoms with van der Waals surface area (Å²) in [6, 6.07) is 16.5. The van der Waals surface area contributed by atoms with E-state index >= 15 is 0 Å². The highest BCUT2D eigenvalue weighted by molar-refractivity contribution is 7.92. The molecule has 0 radical (unpaired) electrons. The monoisotopic (exact) mass is 488 g/mol. The Morgan fingerprint density at radius 3 is 2.39 bits per heavy atom. The van der Waals surface area contributed by atoms with Crippen molar-refractivity contribution in [2.75, 3.05) is 25.0 Å². The number of amides is 1. The predicted molar refractivity (Wildman–Crippen MR) is 129 cm³/mol. The molecule has 0 saturated carbocycles. The Bertz CT molecular complexity index is 1260. The summed E-state index contributed by atoms with van der Waals surface area (Å²) < 4.78 is 39.2. The van der Waals surface area contributed by atoms with Crippen LogP contribution in [0, 0.1) is 13.8 Å². The lowest BCUT2D eigenvalue weighted by Crippen LogP contribution is -2.28. The molecule has 0 spiro atoms. The molecule has 0 aliphatic carbocycles. The second-order valence-corrected chi connectivity index (χ2v) is 9.36. The van der Waals surface area contributed by atoms with Crippen LogP contribution in [0.15, 0.2) is 65.6 Å². The average molecular weight is 489 g/mol. The van der Waals surface area contributed by atoms with E-state index in [9.17, 15) is 13.2 Å². The van der Waals surface area contributed by atoms with E-state index in [1.807, 2.05) is 32.0 Å². The zero-order valence-corrected chi connectivity index (χ0v) is 20.1. The normalized spacial score (nSPS) is 11.0. The van der Waals surface area contributed by atoms with Crippen molar-refractivity contribution in [1.82, 2.24) is 5.32 Å². The standard InChI is InChI=1S/C24H25ClN2O5S/c1-16-8-10-19(14-17(16)2)27-33(29,30)23-15-18(9-11-20(23)25)24(28)26-12-13-32-22-7-5-4-6-21(22)31-3/h4-11,14-15,27H,12-13H2,1-3H3,(H,26,28). The number of aryl methyl sites for hydroxylation is 2. The van der Waals surface area contributed by atoms with Crippen LogP contribution in [0.25, 0.3) is 0 Å². The summed E-state index contributed by atoms with van der Waals surface area (Å²) in [5.74, 6) is 0.706. The molecule has 0 bridgehead atoms. The van der Waals surface area contributed by atoms with Crippen LogP contribution >= 0.6 is 11.6 Å². The fourth-order valence-electron chi connectivity index (χ4n) is 3.03. The molecular formula is C24H25ClN2O5S. The van der Waals surface area contributed by atoms with Crippen LogP contribution in [0.2, 0.25) is 5.02 Å². The predicted octanol–water partition coefficient (Wildman–Crippen LogP) is 4.58. The first-order valence-electron chi connectivity index (χ1n) is 10.1. The van der Waals surface area contributed by atoms with E-state index in [1.165, 1.54) is 18.2 Å². The molecule has 0 saturated heterocycles.